The van der Waals surface area contributed by atoms with Crippen molar-refractivity contribution in [2.45, 2.75) is 64.6 Å². The van der Waals surface area contributed by atoms with Gasteiger partial charge < -0.3 is 14.0 Å². The van der Waals surface area contributed by atoms with Gasteiger partial charge in [0.1, 0.15) is 17.4 Å². The van der Waals surface area contributed by atoms with E-state index in [-0.39, 0.29) is 18.0 Å². The number of fused-ring (bicyclic) bond motifs is 3. The van der Waals surface area contributed by atoms with Crippen LogP contribution in [0.2, 0.25) is 0 Å². The van der Waals surface area contributed by atoms with Crippen molar-refractivity contribution in [2.75, 3.05) is 0 Å². The summed E-state index contributed by atoms with van der Waals surface area (Å²) in [5.74, 6) is 2.97. The predicted octanol–water partition coefficient (Wildman–Crippen LogP) is 1.93. The first kappa shape index (κ1) is 14.4. The van der Waals surface area contributed by atoms with Gasteiger partial charge in [-0.3, -0.25) is 4.79 Å². The van der Waals surface area contributed by atoms with Gasteiger partial charge in [-0.05, 0) is 19.8 Å². The smallest absolute Gasteiger partial charge is 0.276 e. The highest BCUT2D eigenvalue weighted by molar-refractivity contribution is 5.93. The third-order valence-corrected chi connectivity index (χ3v) is 4.89. The van der Waals surface area contributed by atoms with Gasteiger partial charge in [-0.15, -0.1) is 10.2 Å². The SMILES string of the molecule is Cc1cc(C(=O)N2[C@@H]3CC[C@H]2Cc2nnc(C(C)C)n2C3)no1. The maximum Gasteiger partial charge on any atom is 0.276 e. The lowest BCUT2D eigenvalue weighted by atomic mass is 10.1. The van der Waals surface area contributed by atoms with Gasteiger partial charge in [0.2, 0.25) is 0 Å². The average molecular weight is 315 g/mol. The summed E-state index contributed by atoms with van der Waals surface area (Å²) in [5, 5.41) is 12.6. The fourth-order valence-corrected chi connectivity index (χ4v) is 3.82. The van der Waals surface area contributed by atoms with Gasteiger partial charge in [0.15, 0.2) is 5.69 Å². The summed E-state index contributed by atoms with van der Waals surface area (Å²) in [6.07, 6.45) is 2.79. The number of rotatable bonds is 2. The van der Waals surface area contributed by atoms with Crippen LogP contribution in [0.15, 0.2) is 10.6 Å². The molecule has 0 saturated carbocycles. The van der Waals surface area contributed by atoms with E-state index in [0.717, 1.165) is 37.5 Å². The van der Waals surface area contributed by atoms with Crippen molar-refractivity contribution < 1.29 is 9.32 Å². The van der Waals surface area contributed by atoms with E-state index >= 15 is 0 Å². The summed E-state index contributed by atoms with van der Waals surface area (Å²) < 4.78 is 7.28. The zero-order valence-electron chi connectivity index (χ0n) is 13.7. The quantitative estimate of drug-likeness (QED) is 0.846. The van der Waals surface area contributed by atoms with Gasteiger partial charge in [-0.25, -0.2) is 0 Å². The fourth-order valence-electron chi connectivity index (χ4n) is 3.82. The Morgan fingerprint density at radius 2 is 2.09 bits per heavy atom. The van der Waals surface area contributed by atoms with E-state index in [1.807, 2.05) is 4.90 Å². The van der Waals surface area contributed by atoms with E-state index in [9.17, 15) is 4.79 Å². The molecule has 1 amide bonds. The summed E-state index contributed by atoms with van der Waals surface area (Å²) >= 11 is 0. The molecule has 2 bridgehead atoms. The Morgan fingerprint density at radius 3 is 2.78 bits per heavy atom. The van der Waals surface area contributed by atoms with Crippen LogP contribution in [0.5, 0.6) is 0 Å². The van der Waals surface area contributed by atoms with E-state index in [1.54, 1.807) is 13.0 Å². The first-order valence-electron chi connectivity index (χ1n) is 8.22. The van der Waals surface area contributed by atoms with Crippen LogP contribution < -0.4 is 0 Å². The Morgan fingerprint density at radius 1 is 1.30 bits per heavy atom. The molecule has 23 heavy (non-hydrogen) atoms. The van der Waals surface area contributed by atoms with Crippen molar-refractivity contribution in [1.82, 2.24) is 24.8 Å². The van der Waals surface area contributed by atoms with E-state index in [4.69, 9.17) is 4.52 Å². The second kappa shape index (κ2) is 5.18. The molecule has 0 unspecified atom stereocenters. The first-order chi connectivity index (χ1) is 11.0. The number of nitrogens with zero attached hydrogens (tertiary/aromatic N) is 5. The summed E-state index contributed by atoms with van der Waals surface area (Å²) in [4.78, 5) is 14.9. The molecule has 0 spiro atoms. The standard InChI is InChI=1S/C16H21N5O2/c1-9(2)15-18-17-14-7-11-4-5-12(8-20(14)15)21(11)16(22)13-6-10(3)23-19-13/h6,9,11-12H,4-5,7-8H2,1-3H3/t11-,12+/m0/s1. The minimum Gasteiger partial charge on any atom is -0.361 e. The maximum absolute atomic E-state index is 12.9. The summed E-state index contributed by atoms with van der Waals surface area (Å²) in [6.45, 7) is 6.83. The molecule has 0 aliphatic carbocycles. The number of aromatic nitrogens is 4. The highest BCUT2D eigenvalue weighted by Crippen LogP contribution is 2.33. The normalized spacial score (nSPS) is 23.2. The molecule has 0 aromatic carbocycles. The Kier molecular flexibility index (Phi) is 3.25. The van der Waals surface area contributed by atoms with Crippen molar-refractivity contribution in [2.24, 2.45) is 0 Å². The molecule has 7 nitrogen and oxygen atoms in total. The summed E-state index contributed by atoms with van der Waals surface area (Å²) in [6, 6.07) is 2.07. The van der Waals surface area contributed by atoms with Gasteiger partial charge in [-0.2, -0.15) is 0 Å². The van der Waals surface area contributed by atoms with Crippen molar-refractivity contribution in [1.29, 1.82) is 0 Å². The van der Waals surface area contributed by atoms with Crippen molar-refractivity contribution >= 4 is 5.91 Å². The minimum atomic E-state index is -0.0286. The van der Waals surface area contributed by atoms with Gasteiger partial charge >= 0.3 is 0 Å². The molecule has 4 rings (SSSR count). The lowest BCUT2D eigenvalue weighted by molar-refractivity contribution is 0.0654. The summed E-state index contributed by atoms with van der Waals surface area (Å²) in [5.41, 5.74) is 0.404. The number of hydrogen-bond acceptors (Lipinski definition) is 5. The maximum atomic E-state index is 12.9. The van der Waals surface area contributed by atoms with Gasteiger partial charge in [0.05, 0.1) is 6.04 Å². The molecule has 4 heterocycles. The van der Waals surface area contributed by atoms with Crippen molar-refractivity contribution in [3.8, 4) is 0 Å². The zero-order valence-corrected chi connectivity index (χ0v) is 13.7. The third kappa shape index (κ3) is 2.26. The molecule has 2 aliphatic rings. The largest absolute Gasteiger partial charge is 0.361 e. The van der Waals surface area contributed by atoms with Crippen LogP contribution >= 0.6 is 0 Å². The number of carbonyl (C=O) groups is 1. The van der Waals surface area contributed by atoms with Crippen molar-refractivity contribution in [3.05, 3.63) is 29.2 Å². The van der Waals surface area contributed by atoms with Crippen LogP contribution in [0.3, 0.4) is 0 Å². The molecule has 2 atom stereocenters. The van der Waals surface area contributed by atoms with Crippen LogP contribution in [0.1, 0.15) is 60.5 Å². The fraction of sp³-hybridized carbons (Fsp3) is 0.625. The second-order valence-electron chi connectivity index (χ2n) is 6.86. The van der Waals surface area contributed by atoms with Crippen molar-refractivity contribution in [3.63, 3.8) is 0 Å². The Labute approximate surface area is 134 Å². The Hall–Kier alpha value is -2.18. The topological polar surface area (TPSA) is 77.1 Å². The Balaban J connectivity index is 1.67. The third-order valence-electron chi connectivity index (χ3n) is 4.89. The number of hydrogen-bond donors (Lipinski definition) is 0. The number of aryl methyl sites for hydroxylation is 1. The van der Waals surface area contributed by atoms with E-state index in [0.29, 0.717) is 17.4 Å². The molecule has 2 aliphatic heterocycles. The molecule has 0 radical (unpaired) electrons. The highest BCUT2D eigenvalue weighted by atomic mass is 16.5. The molecule has 7 heteroatoms. The minimum absolute atomic E-state index is 0.0286. The highest BCUT2D eigenvalue weighted by Gasteiger charge is 2.42. The monoisotopic (exact) mass is 315 g/mol. The lowest BCUT2D eigenvalue weighted by Gasteiger charge is -2.27. The molecule has 0 N–H and O–H groups in total. The van der Waals surface area contributed by atoms with Gasteiger partial charge in [0.25, 0.3) is 5.91 Å². The summed E-state index contributed by atoms with van der Waals surface area (Å²) in [7, 11) is 0. The van der Waals surface area contributed by atoms with E-state index in [2.05, 4.69) is 33.8 Å². The predicted molar refractivity (Wildman–Crippen MR) is 82.0 cm³/mol. The van der Waals surface area contributed by atoms with Gasteiger partial charge in [0, 0.05) is 31.0 Å². The molecule has 1 saturated heterocycles. The van der Waals surface area contributed by atoms with Crippen LogP contribution in [-0.4, -0.2) is 42.8 Å². The Bertz CT molecular complexity index is 747. The van der Waals surface area contributed by atoms with Crippen LogP contribution in [0.4, 0.5) is 0 Å². The molecule has 2 aromatic rings. The van der Waals surface area contributed by atoms with Crippen LogP contribution in [-0.2, 0) is 13.0 Å². The van der Waals surface area contributed by atoms with Crippen LogP contribution in [0.25, 0.3) is 0 Å². The van der Waals surface area contributed by atoms with Gasteiger partial charge in [-0.1, -0.05) is 19.0 Å². The molecule has 122 valence electrons. The van der Waals surface area contributed by atoms with E-state index in [1.165, 1.54) is 0 Å². The molecule has 2 aromatic heterocycles. The molecular formula is C16H21N5O2. The molecule has 1 fully saturated rings. The lowest BCUT2D eigenvalue weighted by Crippen LogP contribution is -2.42. The average Bonchev–Trinajstić information content (AvgIpc) is 3.16. The first-order valence-corrected chi connectivity index (χ1v) is 8.22. The number of carbonyl (C=O) groups excluding carboxylic acids is 1. The zero-order chi connectivity index (χ0) is 16.1. The number of amides is 1. The molecular weight excluding hydrogens is 294 g/mol. The second-order valence-corrected chi connectivity index (χ2v) is 6.86. The van der Waals surface area contributed by atoms with Crippen LogP contribution in [0, 0.1) is 6.92 Å². The van der Waals surface area contributed by atoms with E-state index < -0.39 is 0 Å².